The number of hydrogen-bond donors (Lipinski definition) is 1. The Bertz CT molecular complexity index is 488. The number of ether oxygens (including phenoxy) is 1. The highest BCUT2D eigenvalue weighted by atomic mass is 35.5. The summed E-state index contributed by atoms with van der Waals surface area (Å²) in [6.07, 6.45) is 8.82. The molecule has 0 amide bonds. The molecular weight excluding hydrogens is 282 g/mol. The Labute approximate surface area is 133 Å². The number of halogens is 1. The summed E-state index contributed by atoms with van der Waals surface area (Å²) < 4.78 is 5.87. The summed E-state index contributed by atoms with van der Waals surface area (Å²) in [5.41, 5.74) is 2.62. The van der Waals surface area contributed by atoms with Crippen LogP contribution in [0, 0.1) is 5.92 Å². The van der Waals surface area contributed by atoms with Crippen molar-refractivity contribution in [3.63, 3.8) is 0 Å². The number of nitrogens with one attached hydrogen (secondary N) is 1. The normalized spacial score (nSPS) is 25.2. The molecule has 0 bridgehead atoms. The molecule has 2 unspecified atom stereocenters. The Hall–Kier alpha value is -0.730. The van der Waals surface area contributed by atoms with Crippen LogP contribution in [0.25, 0.3) is 0 Å². The Morgan fingerprint density at radius 1 is 1.24 bits per heavy atom. The number of hydrogen-bond acceptors (Lipinski definition) is 2. The SMILES string of the molecule is CCNC1CCCCCC1Cc1cc(Cl)cc2c1OCC2. The molecule has 1 N–H and O–H groups in total. The van der Waals surface area contributed by atoms with E-state index in [4.69, 9.17) is 16.3 Å². The van der Waals surface area contributed by atoms with Gasteiger partial charge in [-0.1, -0.05) is 37.8 Å². The molecule has 2 nitrogen and oxygen atoms in total. The van der Waals surface area contributed by atoms with Crippen LogP contribution in [0.2, 0.25) is 5.02 Å². The van der Waals surface area contributed by atoms with Crippen LogP contribution < -0.4 is 10.1 Å². The summed E-state index contributed by atoms with van der Waals surface area (Å²) in [5.74, 6) is 1.83. The fraction of sp³-hybridized carbons (Fsp3) is 0.667. The van der Waals surface area contributed by atoms with E-state index in [1.54, 1.807) is 0 Å². The van der Waals surface area contributed by atoms with Gasteiger partial charge in [0.15, 0.2) is 0 Å². The Kier molecular flexibility index (Phi) is 5.07. The number of rotatable bonds is 4. The molecule has 3 rings (SSSR count). The predicted molar refractivity (Wildman–Crippen MR) is 88.4 cm³/mol. The van der Waals surface area contributed by atoms with Crippen LogP contribution in [0.3, 0.4) is 0 Å². The van der Waals surface area contributed by atoms with E-state index < -0.39 is 0 Å². The highest BCUT2D eigenvalue weighted by molar-refractivity contribution is 6.30. The fourth-order valence-corrected chi connectivity index (χ4v) is 4.20. The second-order valence-corrected chi connectivity index (χ2v) is 6.85. The summed E-state index contributed by atoms with van der Waals surface area (Å²) >= 11 is 6.30. The average Bonchev–Trinajstić information content (AvgIpc) is 2.82. The van der Waals surface area contributed by atoms with Gasteiger partial charge in [-0.3, -0.25) is 0 Å². The molecular formula is C18H26ClNO. The molecule has 0 saturated heterocycles. The van der Waals surface area contributed by atoms with Gasteiger partial charge in [-0.25, -0.2) is 0 Å². The molecule has 21 heavy (non-hydrogen) atoms. The molecule has 1 saturated carbocycles. The van der Waals surface area contributed by atoms with E-state index in [9.17, 15) is 0 Å². The van der Waals surface area contributed by atoms with Gasteiger partial charge in [-0.15, -0.1) is 0 Å². The van der Waals surface area contributed by atoms with Gasteiger partial charge in [0, 0.05) is 17.5 Å². The van der Waals surface area contributed by atoms with Crippen molar-refractivity contribution in [1.82, 2.24) is 5.32 Å². The summed E-state index contributed by atoms with van der Waals surface area (Å²) in [4.78, 5) is 0. The summed E-state index contributed by atoms with van der Waals surface area (Å²) in [6.45, 7) is 4.08. The van der Waals surface area contributed by atoms with E-state index in [1.165, 1.54) is 43.2 Å². The second kappa shape index (κ2) is 7.02. The summed E-state index contributed by atoms with van der Waals surface area (Å²) in [5, 5.41) is 4.57. The van der Waals surface area contributed by atoms with E-state index in [0.717, 1.165) is 36.8 Å². The second-order valence-electron chi connectivity index (χ2n) is 6.42. The van der Waals surface area contributed by atoms with Gasteiger partial charge in [-0.05, 0) is 55.0 Å². The van der Waals surface area contributed by atoms with Gasteiger partial charge >= 0.3 is 0 Å². The van der Waals surface area contributed by atoms with Crippen LogP contribution in [-0.4, -0.2) is 19.2 Å². The minimum absolute atomic E-state index is 0.647. The lowest BCUT2D eigenvalue weighted by atomic mass is 9.87. The van der Waals surface area contributed by atoms with Crippen molar-refractivity contribution in [2.45, 2.75) is 57.9 Å². The number of fused-ring (bicyclic) bond motifs is 1. The van der Waals surface area contributed by atoms with Crippen LogP contribution in [-0.2, 0) is 12.8 Å². The van der Waals surface area contributed by atoms with E-state index >= 15 is 0 Å². The van der Waals surface area contributed by atoms with Crippen molar-refractivity contribution in [3.05, 3.63) is 28.3 Å². The maximum atomic E-state index is 6.30. The lowest BCUT2D eigenvalue weighted by Gasteiger charge is -2.26. The first kappa shape index (κ1) is 15.2. The number of benzene rings is 1. The molecule has 0 spiro atoms. The molecule has 3 heteroatoms. The molecule has 0 aromatic heterocycles. The standard InChI is InChI=1S/C18H26ClNO/c1-2-20-17-7-5-3-4-6-13(17)10-15-12-16(19)11-14-8-9-21-18(14)15/h11-13,17,20H,2-10H2,1H3. The van der Waals surface area contributed by atoms with Crippen LogP contribution in [0.4, 0.5) is 0 Å². The summed E-state index contributed by atoms with van der Waals surface area (Å²) in [6, 6.07) is 4.84. The Balaban J connectivity index is 1.80. The quantitative estimate of drug-likeness (QED) is 0.834. The van der Waals surface area contributed by atoms with Gasteiger partial charge in [0.2, 0.25) is 0 Å². The Morgan fingerprint density at radius 3 is 2.95 bits per heavy atom. The first-order chi connectivity index (χ1) is 10.3. The topological polar surface area (TPSA) is 21.3 Å². The fourth-order valence-electron chi connectivity index (χ4n) is 3.94. The molecule has 1 aromatic rings. The molecule has 1 fully saturated rings. The molecule has 2 atom stereocenters. The molecule has 1 aromatic carbocycles. The lowest BCUT2D eigenvalue weighted by molar-refractivity contribution is 0.324. The zero-order valence-corrected chi connectivity index (χ0v) is 13.7. The predicted octanol–water partition coefficient (Wildman–Crippen LogP) is 4.38. The third kappa shape index (κ3) is 3.54. The molecule has 1 heterocycles. The van der Waals surface area contributed by atoms with Crippen molar-refractivity contribution in [3.8, 4) is 5.75 Å². The lowest BCUT2D eigenvalue weighted by Crippen LogP contribution is -2.36. The van der Waals surface area contributed by atoms with Crippen molar-refractivity contribution in [1.29, 1.82) is 0 Å². The maximum Gasteiger partial charge on any atom is 0.125 e. The molecule has 116 valence electrons. The van der Waals surface area contributed by atoms with Gasteiger partial charge in [-0.2, -0.15) is 0 Å². The summed E-state index contributed by atoms with van der Waals surface area (Å²) in [7, 11) is 0. The van der Waals surface area contributed by atoms with Crippen LogP contribution in [0.15, 0.2) is 12.1 Å². The monoisotopic (exact) mass is 307 g/mol. The smallest absolute Gasteiger partial charge is 0.125 e. The first-order valence-corrected chi connectivity index (χ1v) is 8.83. The molecule has 1 aliphatic heterocycles. The minimum atomic E-state index is 0.647. The maximum absolute atomic E-state index is 6.30. The molecule has 2 aliphatic rings. The minimum Gasteiger partial charge on any atom is -0.493 e. The van der Waals surface area contributed by atoms with Crippen molar-refractivity contribution in [2.24, 2.45) is 5.92 Å². The van der Waals surface area contributed by atoms with Gasteiger partial charge < -0.3 is 10.1 Å². The van der Waals surface area contributed by atoms with Crippen LogP contribution in [0.1, 0.15) is 50.2 Å². The third-order valence-electron chi connectivity index (χ3n) is 4.93. The Morgan fingerprint density at radius 2 is 2.10 bits per heavy atom. The van der Waals surface area contributed by atoms with Crippen LogP contribution in [0.5, 0.6) is 5.75 Å². The van der Waals surface area contributed by atoms with E-state index in [1.807, 2.05) is 0 Å². The van der Waals surface area contributed by atoms with Gasteiger partial charge in [0.05, 0.1) is 6.61 Å². The zero-order valence-electron chi connectivity index (χ0n) is 13.0. The van der Waals surface area contributed by atoms with Gasteiger partial charge in [0.25, 0.3) is 0 Å². The highest BCUT2D eigenvalue weighted by Crippen LogP contribution is 2.36. The average molecular weight is 308 g/mol. The van der Waals surface area contributed by atoms with Gasteiger partial charge in [0.1, 0.15) is 5.75 Å². The van der Waals surface area contributed by atoms with Crippen molar-refractivity contribution >= 4 is 11.6 Å². The highest BCUT2D eigenvalue weighted by Gasteiger charge is 2.26. The molecule has 0 radical (unpaired) electrons. The van der Waals surface area contributed by atoms with E-state index in [-0.39, 0.29) is 0 Å². The first-order valence-electron chi connectivity index (χ1n) is 8.45. The third-order valence-corrected chi connectivity index (χ3v) is 5.15. The van der Waals surface area contributed by atoms with Crippen molar-refractivity contribution in [2.75, 3.05) is 13.2 Å². The molecule has 1 aliphatic carbocycles. The van der Waals surface area contributed by atoms with E-state index in [2.05, 4.69) is 24.4 Å². The largest absolute Gasteiger partial charge is 0.493 e. The van der Waals surface area contributed by atoms with E-state index in [0.29, 0.717) is 12.0 Å². The van der Waals surface area contributed by atoms with Crippen molar-refractivity contribution < 1.29 is 4.74 Å². The zero-order chi connectivity index (χ0) is 14.7. The van der Waals surface area contributed by atoms with Crippen LogP contribution >= 0.6 is 11.6 Å².